The van der Waals surface area contributed by atoms with Crippen LogP contribution < -0.4 is 5.73 Å². The van der Waals surface area contributed by atoms with E-state index < -0.39 is 0 Å². The predicted molar refractivity (Wildman–Crippen MR) is 74.1 cm³/mol. The molecule has 1 aliphatic heterocycles. The summed E-state index contributed by atoms with van der Waals surface area (Å²) in [5.41, 5.74) is 7.21. The highest BCUT2D eigenvalue weighted by Crippen LogP contribution is 2.32. The fourth-order valence-corrected chi connectivity index (χ4v) is 3.14. The van der Waals surface area contributed by atoms with Crippen LogP contribution in [0, 0.1) is 0 Å². The van der Waals surface area contributed by atoms with E-state index in [1.165, 1.54) is 18.4 Å². The first-order chi connectivity index (χ1) is 8.20. The Labute approximate surface area is 112 Å². The van der Waals surface area contributed by atoms with Gasteiger partial charge in [-0.05, 0) is 50.3 Å². The molecule has 0 radical (unpaired) electrons. The smallest absolute Gasteiger partial charge is 0.0586 e. The van der Waals surface area contributed by atoms with Crippen molar-refractivity contribution in [2.24, 2.45) is 5.73 Å². The maximum absolute atomic E-state index is 5.91. The summed E-state index contributed by atoms with van der Waals surface area (Å²) < 4.78 is 7.04. The number of rotatable bonds is 4. The molecule has 94 valence electrons. The standard InChI is InChI=1S/C14H20BrNO/c1-10-6-7-12(17-10)8-11(9-16)13-4-2-3-5-14(13)15/h2-5,10-12H,6-9,16H2,1H3. The number of hydrogen-bond donors (Lipinski definition) is 1. The Morgan fingerprint density at radius 3 is 2.76 bits per heavy atom. The number of hydrogen-bond acceptors (Lipinski definition) is 2. The summed E-state index contributed by atoms with van der Waals surface area (Å²) in [7, 11) is 0. The molecular formula is C14H20BrNO. The fraction of sp³-hybridized carbons (Fsp3) is 0.571. The zero-order chi connectivity index (χ0) is 12.3. The van der Waals surface area contributed by atoms with Gasteiger partial charge in [0.1, 0.15) is 0 Å². The molecule has 1 heterocycles. The minimum atomic E-state index is 0.380. The largest absolute Gasteiger partial charge is 0.375 e. The van der Waals surface area contributed by atoms with Gasteiger partial charge in [-0.15, -0.1) is 0 Å². The van der Waals surface area contributed by atoms with E-state index >= 15 is 0 Å². The summed E-state index contributed by atoms with van der Waals surface area (Å²) in [6, 6.07) is 8.34. The molecule has 1 fully saturated rings. The highest BCUT2D eigenvalue weighted by atomic mass is 79.9. The second-order valence-corrected chi connectivity index (χ2v) is 5.69. The van der Waals surface area contributed by atoms with Gasteiger partial charge in [-0.3, -0.25) is 0 Å². The molecule has 3 atom stereocenters. The highest BCUT2D eigenvalue weighted by molar-refractivity contribution is 9.10. The lowest BCUT2D eigenvalue weighted by atomic mass is 9.92. The number of ether oxygens (including phenoxy) is 1. The van der Waals surface area contributed by atoms with E-state index in [4.69, 9.17) is 10.5 Å². The van der Waals surface area contributed by atoms with Crippen LogP contribution in [0.5, 0.6) is 0 Å². The normalized spacial score (nSPS) is 26.1. The highest BCUT2D eigenvalue weighted by Gasteiger charge is 2.25. The Kier molecular flexibility index (Phi) is 4.60. The predicted octanol–water partition coefficient (Wildman–Crippen LogP) is 3.45. The SMILES string of the molecule is CC1CCC(CC(CN)c2ccccc2Br)O1. The van der Waals surface area contributed by atoms with Gasteiger partial charge in [-0.25, -0.2) is 0 Å². The van der Waals surface area contributed by atoms with E-state index in [9.17, 15) is 0 Å². The Balaban J connectivity index is 2.04. The van der Waals surface area contributed by atoms with E-state index in [-0.39, 0.29) is 0 Å². The van der Waals surface area contributed by atoms with E-state index in [0.29, 0.717) is 24.7 Å². The third-order valence-electron chi connectivity index (χ3n) is 3.50. The van der Waals surface area contributed by atoms with Gasteiger partial charge >= 0.3 is 0 Å². The summed E-state index contributed by atoms with van der Waals surface area (Å²) in [5, 5.41) is 0. The summed E-state index contributed by atoms with van der Waals surface area (Å²) in [6.45, 7) is 2.83. The molecule has 2 rings (SSSR count). The summed E-state index contributed by atoms with van der Waals surface area (Å²) >= 11 is 3.60. The summed E-state index contributed by atoms with van der Waals surface area (Å²) in [5.74, 6) is 0.390. The van der Waals surface area contributed by atoms with Crippen molar-refractivity contribution in [3.05, 3.63) is 34.3 Å². The van der Waals surface area contributed by atoms with Crippen molar-refractivity contribution < 1.29 is 4.74 Å². The molecule has 0 spiro atoms. The third kappa shape index (κ3) is 3.30. The van der Waals surface area contributed by atoms with Gasteiger partial charge in [0, 0.05) is 4.47 Å². The van der Waals surface area contributed by atoms with E-state index in [2.05, 4.69) is 41.1 Å². The molecule has 1 aromatic carbocycles. The van der Waals surface area contributed by atoms with Crippen LogP contribution in [-0.2, 0) is 4.74 Å². The van der Waals surface area contributed by atoms with Crippen molar-refractivity contribution >= 4 is 15.9 Å². The first-order valence-corrected chi connectivity index (χ1v) is 7.10. The first-order valence-electron chi connectivity index (χ1n) is 6.30. The van der Waals surface area contributed by atoms with Gasteiger partial charge in [-0.2, -0.15) is 0 Å². The van der Waals surface area contributed by atoms with E-state index in [1.54, 1.807) is 0 Å². The van der Waals surface area contributed by atoms with Gasteiger partial charge in [0.2, 0.25) is 0 Å². The lowest BCUT2D eigenvalue weighted by Crippen LogP contribution is -2.20. The molecule has 1 aromatic rings. The van der Waals surface area contributed by atoms with Gasteiger partial charge in [0.05, 0.1) is 12.2 Å². The van der Waals surface area contributed by atoms with Crippen LogP contribution in [-0.4, -0.2) is 18.8 Å². The zero-order valence-corrected chi connectivity index (χ0v) is 11.8. The topological polar surface area (TPSA) is 35.2 Å². The Morgan fingerprint density at radius 1 is 1.41 bits per heavy atom. The van der Waals surface area contributed by atoms with Crippen LogP contribution >= 0.6 is 15.9 Å². The molecular weight excluding hydrogens is 278 g/mol. The van der Waals surface area contributed by atoms with Gasteiger partial charge < -0.3 is 10.5 Å². The molecule has 3 unspecified atom stereocenters. The Bertz CT molecular complexity index is 369. The van der Waals surface area contributed by atoms with Crippen LogP contribution in [0.15, 0.2) is 28.7 Å². The molecule has 1 aliphatic rings. The van der Waals surface area contributed by atoms with Crippen LogP contribution in [0.4, 0.5) is 0 Å². The molecule has 2 N–H and O–H groups in total. The molecule has 0 aromatic heterocycles. The monoisotopic (exact) mass is 297 g/mol. The van der Waals surface area contributed by atoms with Crippen LogP contribution in [0.2, 0.25) is 0 Å². The van der Waals surface area contributed by atoms with Gasteiger partial charge in [0.25, 0.3) is 0 Å². The molecule has 17 heavy (non-hydrogen) atoms. The van der Waals surface area contributed by atoms with Crippen molar-refractivity contribution in [3.63, 3.8) is 0 Å². The quantitative estimate of drug-likeness (QED) is 0.924. The molecule has 1 saturated heterocycles. The van der Waals surface area contributed by atoms with Crippen molar-refractivity contribution in [1.82, 2.24) is 0 Å². The van der Waals surface area contributed by atoms with E-state index in [1.807, 2.05) is 6.07 Å². The number of nitrogens with two attached hydrogens (primary N) is 1. The average molecular weight is 298 g/mol. The van der Waals surface area contributed by atoms with Crippen molar-refractivity contribution in [2.75, 3.05) is 6.54 Å². The molecule has 0 amide bonds. The van der Waals surface area contributed by atoms with Crippen molar-refractivity contribution in [3.8, 4) is 0 Å². The number of halogens is 1. The van der Waals surface area contributed by atoms with Gasteiger partial charge in [-0.1, -0.05) is 34.1 Å². The molecule has 0 saturated carbocycles. The Hall–Kier alpha value is -0.380. The Morgan fingerprint density at radius 2 is 2.18 bits per heavy atom. The summed E-state index contributed by atoms with van der Waals surface area (Å²) in [4.78, 5) is 0. The molecule has 0 bridgehead atoms. The second kappa shape index (κ2) is 5.98. The van der Waals surface area contributed by atoms with Crippen molar-refractivity contribution in [2.45, 2.75) is 44.3 Å². The minimum Gasteiger partial charge on any atom is -0.375 e. The number of benzene rings is 1. The van der Waals surface area contributed by atoms with Crippen molar-refractivity contribution in [1.29, 1.82) is 0 Å². The fourth-order valence-electron chi connectivity index (χ4n) is 2.53. The first kappa shape index (κ1) is 13.1. The molecule has 3 heteroatoms. The molecule has 0 aliphatic carbocycles. The average Bonchev–Trinajstić information content (AvgIpc) is 2.73. The maximum Gasteiger partial charge on any atom is 0.0586 e. The summed E-state index contributed by atoms with van der Waals surface area (Å²) in [6.07, 6.45) is 4.17. The minimum absolute atomic E-state index is 0.380. The third-order valence-corrected chi connectivity index (χ3v) is 4.22. The lowest BCUT2D eigenvalue weighted by Gasteiger charge is -2.20. The van der Waals surface area contributed by atoms with Crippen LogP contribution in [0.1, 0.15) is 37.7 Å². The zero-order valence-electron chi connectivity index (χ0n) is 10.2. The van der Waals surface area contributed by atoms with E-state index in [0.717, 1.165) is 10.9 Å². The maximum atomic E-state index is 5.91. The van der Waals surface area contributed by atoms with Gasteiger partial charge in [0.15, 0.2) is 0 Å². The van der Waals surface area contributed by atoms with Crippen LogP contribution in [0.3, 0.4) is 0 Å². The lowest BCUT2D eigenvalue weighted by molar-refractivity contribution is 0.0470. The van der Waals surface area contributed by atoms with Crippen LogP contribution in [0.25, 0.3) is 0 Å². The second-order valence-electron chi connectivity index (χ2n) is 4.84. The molecule has 2 nitrogen and oxygen atoms in total.